The Morgan fingerprint density at radius 2 is 1.83 bits per heavy atom. The summed E-state index contributed by atoms with van der Waals surface area (Å²) in [5, 5.41) is 19.1. The van der Waals surface area contributed by atoms with Gasteiger partial charge in [0.2, 0.25) is 6.79 Å². The Bertz CT molecular complexity index is 520. The lowest BCUT2D eigenvalue weighted by atomic mass is 10.2. The van der Waals surface area contributed by atoms with Crippen LogP contribution in [0.25, 0.3) is 0 Å². The van der Waals surface area contributed by atoms with Gasteiger partial charge in [0, 0.05) is 0 Å². The molecular formula is C17H28N2O5+2. The number of ether oxygens (including phenoxy) is 3. The fourth-order valence-corrected chi connectivity index (χ4v) is 3.31. The monoisotopic (exact) mass is 340 g/mol. The molecule has 0 radical (unpaired) electrons. The summed E-state index contributed by atoms with van der Waals surface area (Å²) >= 11 is 0. The lowest BCUT2D eigenvalue weighted by Gasteiger charge is -2.30. The molecule has 1 aromatic rings. The maximum Gasteiger partial charge on any atom is 0.231 e. The Labute approximate surface area is 142 Å². The molecule has 0 bridgehead atoms. The first-order valence-electron chi connectivity index (χ1n) is 8.67. The number of hydrogen-bond acceptors (Lipinski definition) is 5. The van der Waals surface area contributed by atoms with E-state index in [0.29, 0.717) is 19.8 Å². The molecule has 0 amide bonds. The Morgan fingerprint density at radius 1 is 1.08 bits per heavy atom. The zero-order valence-corrected chi connectivity index (χ0v) is 14.0. The van der Waals surface area contributed by atoms with Crippen molar-refractivity contribution in [3.8, 4) is 11.5 Å². The topological polar surface area (TPSA) is 77.0 Å². The van der Waals surface area contributed by atoms with Crippen LogP contribution in [0, 0.1) is 0 Å². The van der Waals surface area contributed by atoms with Gasteiger partial charge < -0.3 is 34.2 Å². The Kier molecular flexibility index (Phi) is 6.28. The van der Waals surface area contributed by atoms with Crippen LogP contribution in [0.4, 0.5) is 0 Å². The number of rotatable bonds is 8. The zero-order valence-electron chi connectivity index (χ0n) is 14.0. The molecule has 2 aliphatic rings. The van der Waals surface area contributed by atoms with Crippen molar-refractivity contribution in [2.24, 2.45) is 0 Å². The van der Waals surface area contributed by atoms with Crippen LogP contribution in [-0.4, -0.2) is 75.6 Å². The van der Waals surface area contributed by atoms with Gasteiger partial charge in [-0.3, -0.25) is 0 Å². The highest BCUT2D eigenvalue weighted by Crippen LogP contribution is 2.32. The highest BCUT2D eigenvalue weighted by atomic mass is 16.7. The van der Waals surface area contributed by atoms with Crippen LogP contribution >= 0.6 is 0 Å². The summed E-state index contributed by atoms with van der Waals surface area (Å²) < 4.78 is 16.3. The Morgan fingerprint density at radius 3 is 2.62 bits per heavy atom. The molecule has 1 fully saturated rings. The number of hydrogen-bond donors (Lipinski definition) is 4. The summed E-state index contributed by atoms with van der Waals surface area (Å²) in [5.74, 6) is 1.52. The molecule has 24 heavy (non-hydrogen) atoms. The van der Waals surface area contributed by atoms with Gasteiger partial charge >= 0.3 is 0 Å². The molecule has 1 unspecified atom stereocenters. The molecule has 4 N–H and O–H groups in total. The van der Waals surface area contributed by atoms with E-state index in [2.05, 4.69) is 0 Å². The van der Waals surface area contributed by atoms with Gasteiger partial charge in [0.25, 0.3) is 0 Å². The first-order chi connectivity index (χ1) is 11.7. The second kappa shape index (κ2) is 8.64. The Hall–Kier alpha value is -1.38. The second-order valence-corrected chi connectivity index (χ2v) is 6.53. The van der Waals surface area contributed by atoms with Gasteiger partial charge in [-0.1, -0.05) is 6.07 Å². The molecule has 7 nitrogen and oxygen atoms in total. The molecular weight excluding hydrogens is 312 g/mol. The molecule has 134 valence electrons. The van der Waals surface area contributed by atoms with Crippen LogP contribution in [0.2, 0.25) is 0 Å². The number of piperazine rings is 1. The third-order valence-corrected chi connectivity index (χ3v) is 4.67. The fraction of sp³-hybridized carbons (Fsp3) is 0.647. The van der Waals surface area contributed by atoms with E-state index in [1.165, 1.54) is 9.80 Å². The number of aliphatic hydroxyl groups is 2. The van der Waals surface area contributed by atoms with Gasteiger partial charge in [0.1, 0.15) is 45.4 Å². The third-order valence-electron chi connectivity index (χ3n) is 4.67. The Balaban J connectivity index is 1.33. The number of nitrogens with one attached hydrogen (secondary N) is 2. The van der Waals surface area contributed by atoms with Gasteiger partial charge in [-0.15, -0.1) is 0 Å². The highest BCUT2D eigenvalue weighted by Gasteiger charge is 2.24. The van der Waals surface area contributed by atoms with Crippen molar-refractivity contribution in [3.63, 3.8) is 0 Å². The first-order valence-corrected chi connectivity index (χ1v) is 8.67. The number of fused-ring (bicyclic) bond motifs is 1. The van der Waals surface area contributed by atoms with E-state index in [9.17, 15) is 5.11 Å². The van der Waals surface area contributed by atoms with Gasteiger partial charge in [0.05, 0.1) is 19.8 Å². The summed E-state index contributed by atoms with van der Waals surface area (Å²) in [7, 11) is 0. The van der Waals surface area contributed by atoms with Crippen molar-refractivity contribution >= 4 is 0 Å². The molecule has 0 aromatic heterocycles. The number of aliphatic hydroxyl groups excluding tert-OH is 2. The maximum atomic E-state index is 10.2. The molecule has 1 aromatic carbocycles. The molecule has 1 atom stereocenters. The van der Waals surface area contributed by atoms with Crippen LogP contribution in [-0.2, 0) is 11.3 Å². The highest BCUT2D eigenvalue weighted by molar-refractivity contribution is 5.44. The van der Waals surface area contributed by atoms with Crippen LogP contribution < -0.4 is 19.3 Å². The predicted octanol–water partition coefficient (Wildman–Crippen LogP) is -2.93. The van der Waals surface area contributed by atoms with Crippen LogP contribution in [0.3, 0.4) is 0 Å². The minimum atomic E-state index is -0.451. The minimum absolute atomic E-state index is 0.251. The minimum Gasteiger partial charge on any atom is -0.454 e. The van der Waals surface area contributed by atoms with Gasteiger partial charge in [0.15, 0.2) is 11.5 Å². The number of quaternary nitrogens is 2. The maximum absolute atomic E-state index is 10.2. The van der Waals surface area contributed by atoms with Crippen LogP contribution in [0.1, 0.15) is 5.56 Å². The largest absolute Gasteiger partial charge is 0.454 e. The summed E-state index contributed by atoms with van der Waals surface area (Å²) in [5.41, 5.74) is 1.01. The average molecular weight is 340 g/mol. The molecule has 0 saturated carbocycles. The van der Waals surface area contributed by atoms with Crippen molar-refractivity contribution in [2.75, 3.05) is 59.3 Å². The van der Waals surface area contributed by atoms with Crippen molar-refractivity contribution in [1.82, 2.24) is 0 Å². The zero-order chi connectivity index (χ0) is 16.8. The molecule has 0 spiro atoms. The number of benzene rings is 1. The third kappa shape index (κ3) is 4.81. The first kappa shape index (κ1) is 17.4. The van der Waals surface area contributed by atoms with E-state index in [1.54, 1.807) is 0 Å². The van der Waals surface area contributed by atoms with E-state index in [1.807, 2.05) is 18.2 Å². The van der Waals surface area contributed by atoms with Crippen molar-refractivity contribution in [2.45, 2.75) is 12.7 Å². The average Bonchev–Trinajstić information content (AvgIpc) is 3.05. The van der Waals surface area contributed by atoms with E-state index in [-0.39, 0.29) is 13.4 Å². The molecule has 0 aliphatic carbocycles. The van der Waals surface area contributed by atoms with Gasteiger partial charge in [-0.25, -0.2) is 0 Å². The SMILES string of the molecule is OCC[NH+]1CC[NH+](CC(O)COCc2ccc3c(c2)OCO3)CC1. The quantitative estimate of drug-likeness (QED) is 0.408. The molecule has 1 saturated heterocycles. The van der Waals surface area contributed by atoms with Gasteiger partial charge in [-0.2, -0.15) is 0 Å². The lowest BCUT2D eigenvalue weighted by molar-refractivity contribution is -1.01. The molecule has 7 heteroatoms. The van der Waals surface area contributed by atoms with Crippen LogP contribution in [0.15, 0.2) is 18.2 Å². The van der Waals surface area contributed by atoms with E-state index in [0.717, 1.165) is 49.8 Å². The molecule has 2 aliphatic heterocycles. The normalized spacial score (nSPS) is 24.1. The standard InChI is InChI=1S/C17H26N2O5/c20-8-7-18-3-5-19(6-4-18)10-15(21)12-22-11-14-1-2-16-17(9-14)24-13-23-16/h1-2,9,15,20-21H,3-8,10-13H2/p+2. The van der Waals surface area contributed by atoms with Gasteiger partial charge in [-0.05, 0) is 17.7 Å². The van der Waals surface area contributed by atoms with Crippen molar-refractivity contribution in [1.29, 1.82) is 0 Å². The lowest BCUT2D eigenvalue weighted by Crippen LogP contribution is -3.28. The molecule has 2 heterocycles. The van der Waals surface area contributed by atoms with E-state index < -0.39 is 6.10 Å². The van der Waals surface area contributed by atoms with Crippen molar-refractivity contribution in [3.05, 3.63) is 23.8 Å². The summed E-state index contributed by atoms with van der Waals surface area (Å²) in [6, 6.07) is 5.76. The van der Waals surface area contributed by atoms with Crippen molar-refractivity contribution < 1.29 is 34.2 Å². The fourth-order valence-electron chi connectivity index (χ4n) is 3.31. The smallest absolute Gasteiger partial charge is 0.231 e. The van der Waals surface area contributed by atoms with E-state index >= 15 is 0 Å². The summed E-state index contributed by atoms with van der Waals surface area (Å²) in [6.45, 7) is 7.05. The summed E-state index contributed by atoms with van der Waals surface area (Å²) in [4.78, 5) is 2.87. The van der Waals surface area contributed by atoms with E-state index in [4.69, 9.17) is 19.3 Å². The summed E-state index contributed by atoms with van der Waals surface area (Å²) in [6.07, 6.45) is -0.451. The van der Waals surface area contributed by atoms with Crippen LogP contribution in [0.5, 0.6) is 11.5 Å². The predicted molar refractivity (Wildman–Crippen MR) is 86.4 cm³/mol. The second-order valence-electron chi connectivity index (χ2n) is 6.53. The molecule has 3 rings (SSSR count).